The average molecular weight is 228 g/mol. The lowest BCUT2D eigenvalue weighted by Gasteiger charge is -2.26. The fraction of sp³-hybridized carbons (Fsp3) is 0.500. The van der Waals surface area contributed by atoms with E-state index in [1.54, 1.807) is 0 Å². The summed E-state index contributed by atoms with van der Waals surface area (Å²) in [5.74, 6) is 1.74. The monoisotopic (exact) mass is 228 g/mol. The van der Waals surface area contributed by atoms with Gasteiger partial charge in [0.15, 0.2) is 0 Å². The van der Waals surface area contributed by atoms with E-state index in [0.29, 0.717) is 17.9 Å². The Morgan fingerprint density at radius 1 is 1.29 bits per heavy atom. The van der Waals surface area contributed by atoms with Gasteiger partial charge in [-0.05, 0) is 23.5 Å². The van der Waals surface area contributed by atoms with Gasteiger partial charge in [0.05, 0.1) is 5.92 Å². The molecule has 1 amide bonds. The first-order valence-corrected chi connectivity index (χ1v) is 6.43. The zero-order valence-electron chi connectivity index (χ0n) is 9.65. The van der Waals surface area contributed by atoms with Crippen molar-refractivity contribution in [1.29, 1.82) is 0 Å². The highest BCUT2D eigenvalue weighted by Crippen LogP contribution is 2.56. The van der Waals surface area contributed by atoms with E-state index in [9.17, 15) is 4.79 Å². The third-order valence-corrected chi connectivity index (χ3v) is 4.50. The van der Waals surface area contributed by atoms with Gasteiger partial charge in [0.2, 0.25) is 5.91 Å². The van der Waals surface area contributed by atoms with Crippen molar-refractivity contribution in [3.8, 4) is 0 Å². The zero-order valence-corrected chi connectivity index (χ0v) is 9.65. The summed E-state index contributed by atoms with van der Waals surface area (Å²) in [6.45, 7) is 1.70. The second kappa shape index (κ2) is 3.33. The molecule has 17 heavy (non-hydrogen) atoms. The summed E-state index contributed by atoms with van der Waals surface area (Å²) in [5, 5.41) is 6.36. The maximum Gasteiger partial charge on any atom is 0.225 e. The van der Waals surface area contributed by atoms with Crippen molar-refractivity contribution >= 4 is 5.91 Å². The highest BCUT2D eigenvalue weighted by atomic mass is 16.2. The molecule has 3 nitrogen and oxygen atoms in total. The van der Waals surface area contributed by atoms with E-state index >= 15 is 0 Å². The molecule has 1 saturated carbocycles. The Hall–Kier alpha value is -1.35. The van der Waals surface area contributed by atoms with Crippen molar-refractivity contribution in [2.24, 2.45) is 11.8 Å². The third kappa shape index (κ3) is 1.35. The molecule has 88 valence electrons. The molecule has 2 fully saturated rings. The van der Waals surface area contributed by atoms with Gasteiger partial charge >= 0.3 is 0 Å². The van der Waals surface area contributed by atoms with Crippen LogP contribution in [-0.4, -0.2) is 25.0 Å². The van der Waals surface area contributed by atoms with Crippen molar-refractivity contribution in [2.75, 3.05) is 13.1 Å². The molecular formula is C14H16N2O. The van der Waals surface area contributed by atoms with E-state index in [1.807, 2.05) is 0 Å². The molecule has 1 saturated heterocycles. The van der Waals surface area contributed by atoms with E-state index in [2.05, 4.69) is 34.9 Å². The Morgan fingerprint density at radius 2 is 2.12 bits per heavy atom. The number of hydrogen-bond acceptors (Lipinski definition) is 2. The molecule has 0 spiro atoms. The molecule has 1 aromatic rings. The van der Waals surface area contributed by atoms with Crippen LogP contribution in [0.1, 0.15) is 17.0 Å². The molecule has 1 aliphatic heterocycles. The molecule has 0 radical (unpaired) electrons. The number of fused-ring (bicyclic) bond motifs is 3. The molecule has 1 heterocycles. The highest BCUT2D eigenvalue weighted by Gasteiger charge is 2.56. The number of carbonyl (C=O) groups excluding carboxylic acids is 1. The van der Waals surface area contributed by atoms with Gasteiger partial charge in [0.1, 0.15) is 0 Å². The van der Waals surface area contributed by atoms with Crippen LogP contribution < -0.4 is 10.6 Å². The normalized spacial score (nSPS) is 33.5. The predicted octanol–water partition coefficient (Wildman–Crippen LogP) is 0.660. The second-order valence-corrected chi connectivity index (χ2v) is 5.48. The summed E-state index contributed by atoms with van der Waals surface area (Å²) in [6, 6.07) is 9.07. The molecule has 1 aromatic carbocycles. The Balaban J connectivity index is 1.46. The Morgan fingerprint density at radius 3 is 2.88 bits per heavy atom. The topological polar surface area (TPSA) is 41.1 Å². The first-order valence-electron chi connectivity index (χ1n) is 6.43. The summed E-state index contributed by atoms with van der Waals surface area (Å²) < 4.78 is 0. The summed E-state index contributed by atoms with van der Waals surface area (Å²) >= 11 is 0. The van der Waals surface area contributed by atoms with Crippen LogP contribution in [0.5, 0.6) is 0 Å². The maximum absolute atomic E-state index is 11.9. The molecule has 3 heteroatoms. The first kappa shape index (κ1) is 9.66. The van der Waals surface area contributed by atoms with Crippen molar-refractivity contribution in [3.63, 3.8) is 0 Å². The minimum atomic E-state index is 0.214. The van der Waals surface area contributed by atoms with Crippen molar-refractivity contribution < 1.29 is 4.79 Å². The van der Waals surface area contributed by atoms with E-state index < -0.39 is 0 Å². The standard InChI is InChI=1S/C14H16N2O/c17-14(9-6-15-7-9)16-13-11-5-8-3-1-2-4-10(8)12(11)13/h1-4,9,11-13,15H,5-7H2,(H,16,17). The van der Waals surface area contributed by atoms with Crippen molar-refractivity contribution in [1.82, 2.24) is 10.6 Å². The molecule has 4 rings (SSSR count). The number of amides is 1. The number of benzene rings is 1. The Labute approximate surface area is 101 Å². The van der Waals surface area contributed by atoms with E-state index in [0.717, 1.165) is 19.5 Å². The van der Waals surface area contributed by atoms with E-state index in [4.69, 9.17) is 0 Å². The first-order chi connectivity index (χ1) is 8.34. The second-order valence-electron chi connectivity index (χ2n) is 5.48. The van der Waals surface area contributed by atoms with Crippen LogP contribution >= 0.6 is 0 Å². The largest absolute Gasteiger partial charge is 0.352 e. The quantitative estimate of drug-likeness (QED) is 0.781. The molecule has 2 N–H and O–H groups in total. The number of carbonyl (C=O) groups is 1. The fourth-order valence-corrected chi connectivity index (χ4v) is 3.30. The average Bonchev–Trinajstić information content (AvgIpc) is 2.77. The van der Waals surface area contributed by atoms with Crippen LogP contribution in [0.2, 0.25) is 0 Å². The molecule has 3 aliphatic rings. The van der Waals surface area contributed by atoms with Gasteiger partial charge in [-0.3, -0.25) is 4.79 Å². The van der Waals surface area contributed by atoms with Crippen LogP contribution in [0.3, 0.4) is 0 Å². The Kier molecular flexibility index (Phi) is 1.89. The molecule has 0 aromatic heterocycles. The minimum absolute atomic E-state index is 0.214. The molecule has 3 atom stereocenters. The van der Waals surface area contributed by atoms with Gasteiger partial charge in [-0.15, -0.1) is 0 Å². The lowest BCUT2D eigenvalue weighted by molar-refractivity contribution is -0.126. The lowest BCUT2D eigenvalue weighted by atomic mass is 10.0. The maximum atomic E-state index is 11.9. The van der Waals surface area contributed by atoms with Gasteiger partial charge < -0.3 is 10.6 Å². The van der Waals surface area contributed by atoms with Crippen LogP contribution in [0.15, 0.2) is 24.3 Å². The van der Waals surface area contributed by atoms with E-state index in [1.165, 1.54) is 11.1 Å². The fourth-order valence-electron chi connectivity index (χ4n) is 3.30. The van der Waals surface area contributed by atoms with E-state index in [-0.39, 0.29) is 11.8 Å². The SMILES string of the molecule is O=C(NC1C2Cc3ccccc3C21)C1CNC1. The summed E-state index contributed by atoms with van der Waals surface area (Å²) in [4.78, 5) is 11.9. The van der Waals surface area contributed by atoms with Gasteiger partial charge in [-0.2, -0.15) is 0 Å². The molecule has 3 unspecified atom stereocenters. The van der Waals surface area contributed by atoms with Crippen molar-refractivity contribution in [2.45, 2.75) is 18.4 Å². The van der Waals surface area contributed by atoms with Gasteiger partial charge in [0.25, 0.3) is 0 Å². The summed E-state index contributed by atoms with van der Waals surface area (Å²) in [6.07, 6.45) is 1.15. The van der Waals surface area contributed by atoms with Crippen LogP contribution in [0.25, 0.3) is 0 Å². The predicted molar refractivity (Wildman–Crippen MR) is 64.7 cm³/mol. The van der Waals surface area contributed by atoms with Crippen LogP contribution in [0, 0.1) is 11.8 Å². The smallest absolute Gasteiger partial charge is 0.225 e. The molecule has 2 aliphatic carbocycles. The van der Waals surface area contributed by atoms with Crippen LogP contribution in [-0.2, 0) is 11.2 Å². The Bertz CT molecular complexity index is 481. The number of hydrogen-bond donors (Lipinski definition) is 2. The number of nitrogens with one attached hydrogen (secondary N) is 2. The van der Waals surface area contributed by atoms with Gasteiger partial charge in [0, 0.05) is 25.0 Å². The summed E-state index contributed by atoms with van der Waals surface area (Å²) in [5.41, 5.74) is 2.95. The minimum Gasteiger partial charge on any atom is -0.352 e. The molecular weight excluding hydrogens is 212 g/mol. The van der Waals surface area contributed by atoms with Gasteiger partial charge in [-0.1, -0.05) is 24.3 Å². The summed E-state index contributed by atoms with van der Waals surface area (Å²) in [7, 11) is 0. The molecule has 0 bridgehead atoms. The zero-order chi connectivity index (χ0) is 11.4. The van der Waals surface area contributed by atoms with Gasteiger partial charge in [-0.25, -0.2) is 0 Å². The van der Waals surface area contributed by atoms with Crippen molar-refractivity contribution in [3.05, 3.63) is 35.4 Å². The lowest BCUT2D eigenvalue weighted by Crippen LogP contribution is -2.51. The number of rotatable bonds is 2. The van der Waals surface area contributed by atoms with Crippen LogP contribution in [0.4, 0.5) is 0 Å². The third-order valence-electron chi connectivity index (χ3n) is 4.50. The highest BCUT2D eigenvalue weighted by molar-refractivity contribution is 5.81.